The third kappa shape index (κ3) is 4.28. The standard InChI is InChI=1S/C24H19ClN2O2S2/c1-14-6-8-16(29-14)13-26-24(28)15-7-9-20-18(12-15)27-23(21-10-11-22(25)31-21)17-4-2-3-5-19(17)30-20/h2-12,18,20H,13H2,1H3,(H,26,28). The molecule has 2 atom stereocenters. The first-order valence-corrected chi connectivity index (χ1v) is 12.0. The third-order valence-electron chi connectivity index (χ3n) is 5.12. The van der Waals surface area contributed by atoms with Gasteiger partial charge in [-0.3, -0.25) is 9.79 Å². The molecule has 156 valence electrons. The average Bonchev–Trinajstić information content (AvgIpc) is 3.35. The summed E-state index contributed by atoms with van der Waals surface area (Å²) in [4.78, 5) is 20.1. The number of nitrogens with zero attached hydrogens (tertiary/aromatic N) is 1. The number of carbonyl (C=O) groups excluding carboxylic acids is 1. The zero-order valence-corrected chi connectivity index (χ0v) is 19.1. The number of thioether (sulfide) groups is 1. The normalized spacial score (nSPS) is 19.7. The number of thiophene rings is 1. The lowest BCUT2D eigenvalue weighted by atomic mass is 10.0. The Morgan fingerprint density at radius 3 is 2.84 bits per heavy atom. The Bertz CT molecular complexity index is 1240. The Morgan fingerprint density at radius 2 is 2.06 bits per heavy atom. The zero-order chi connectivity index (χ0) is 21.4. The highest BCUT2D eigenvalue weighted by Gasteiger charge is 2.29. The minimum absolute atomic E-state index is 0.123. The second-order valence-corrected chi connectivity index (χ2v) is 10.3. The molecule has 0 fully saturated rings. The number of aliphatic imine (C=N–C) groups is 1. The Balaban J connectivity index is 1.44. The van der Waals surface area contributed by atoms with Crippen molar-refractivity contribution in [2.24, 2.45) is 4.99 Å². The van der Waals surface area contributed by atoms with Crippen molar-refractivity contribution in [3.05, 3.63) is 98.6 Å². The first-order chi connectivity index (χ1) is 15.1. The molecule has 1 aliphatic heterocycles. The van der Waals surface area contributed by atoms with E-state index in [4.69, 9.17) is 21.0 Å². The second-order valence-electron chi connectivity index (χ2n) is 7.33. The molecule has 3 aromatic rings. The van der Waals surface area contributed by atoms with E-state index in [0.29, 0.717) is 12.1 Å². The molecule has 0 saturated heterocycles. The van der Waals surface area contributed by atoms with Gasteiger partial charge in [-0.1, -0.05) is 42.0 Å². The van der Waals surface area contributed by atoms with Crippen LogP contribution in [-0.4, -0.2) is 22.9 Å². The molecule has 3 heterocycles. The fourth-order valence-corrected chi connectivity index (χ4v) is 5.87. The van der Waals surface area contributed by atoms with Crippen LogP contribution in [0.15, 0.2) is 86.6 Å². The van der Waals surface area contributed by atoms with Gasteiger partial charge in [0.25, 0.3) is 5.91 Å². The van der Waals surface area contributed by atoms with Crippen molar-refractivity contribution in [1.29, 1.82) is 0 Å². The summed E-state index contributed by atoms with van der Waals surface area (Å²) in [7, 11) is 0. The number of halogens is 1. The number of hydrogen-bond donors (Lipinski definition) is 1. The van der Waals surface area contributed by atoms with Gasteiger partial charge in [0, 0.05) is 16.0 Å². The minimum Gasteiger partial charge on any atom is -0.465 e. The van der Waals surface area contributed by atoms with E-state index in [1.165, 1.54) is 16.2 Å². The number of furan rings is 1. The Kier molecular flexibility index (Phi) is 5.61. The number of hydrogen-bond acceptors (Lipinski definition) is 5. The highest BCUT2D eigenvalue weighted by atomic mass is 35.5. The van der Waals surface area contributed by atoms with Crippen LogP contribution in [-0.2, 0) is 11.3 Å². The Hall–Kier alpha value is -2.54. The molecule has 2 aliphatic rings. The van der Waals surface area contributed by atoms with E-state index >= 15 is 0 Å². The maximum Gasteiger partial charge on any atom is 0.251 e. The van der Waals surface area contributed by atoms with Gasteiger partial charge in [0.1, 0.15) is 11.5 Å². The highest BCUT2D eigenvalue weighted by molar-refractivity contribution is 8.00. The van der Waals surface area contributed by atoms with E-state index in [0.717, 1.165) is 32.0 Å². The summed E-state index contributed by atoms with van der Waals surface area (Å²) in [5, 5.41) is 3.06. The molecule has 1 aliphatic carbocycles. The van der Waals surface area contributed by atoms with Gasteiger partial charge in [0.2, 0.25) is 0 Å². The zero-order valence-electron chi connectivity index (χ0n) is 16.7. The SMILES string of the molecule is Cc1ccc(CNC(=O)C2=CC3N=C(c4ccc(Cl)s4)c4ccccc4SC3C=C2)o1. The van der Waals surface area contributed by atoms with Crippen molar-refractivity contribution < 1.29 is 9.21 Å². The molecular formula is C24H19ClN2O2S2. The van der Waals surface area contributed by atoms with Crippen LogP contribution < -0.4 is 5.32 Å². The van der Waals surface area contributed by atoms with E-state index in [2.05, 4.69) is 23.5 Å². The van der Waals surface area contributed by atoms with Crippen LogP contribution in [0.5, 0.6) is 0 Å². The van der Waals surface area contributed by atoms with E-state index in [9.17, 15) is 4.79 Å². The van der Waals surface area contributed by atoms with Gasteiger partial charge < -0.3 is 9.73 Å². The van der Waals surface area contributed by atoms with Crippen LogP contribution >= 0.6 is 34.7 Å². The predicted molar refractivity (Wildman–Crippen MR) is 127 cm³/mol. The topological polar surface area (TPSA) is 54.6 Å². The summed E-state index contributed by atoms with van der Waals surface area (Å²) in [5.74, 6) is 1.43. The van der Waals surface area contributed by atoms with Crippen molar-refractivity contribution in [2.45, 2.75) is 29.7 Å². The van der Waals surface area contributed by atoms with Crippen LogP contribution in [0, 0.1) is 6.92 Å². The molecule has 1 N–H and O–H groups in total. The van der Waals surface area contributed by atoms with Gasteiger partial charge in [-0.25, -0.2) is 0 Å². The summed E-state index contributed by atoms with van der Waals surface area (Å²) in [6, 6.07) is 15.8. The Labute approximate surface area is 193 Å². The molecule has 1 aromatic carbocycles. The molecule has 2 unspecified atom stereocenters. The maximum atomic E-state index is 12.8. The van der Waals surface area contributed by atoms with Crippen LogP contribution in [0.3, 0.4) is 0 Å². The smallest absolute Gasteiger partial charge is 0.251 e. The summed E-state index contributed by atoms with van der Waals surface area (Å²) in [6.07, 6.45) is 5.93. The first-order valence-electron chi connectivity index (χ1n) is 9.90. The molecule has 31 heavy (non-hydrogen) atoms. The van der Waals surface area contributed by atoms with Crippen molar-refractivity contribution >= 4 is 46.3 Å². The average molecular weight is 467 g/mol. The number of aryl methyl sites for hydroxylation is 1. The van der Waals surface area contributed by atoms with Crippen LogP contribution in [0.25, 0.3) is 0 Å². The van der Waals surface area contributed by atoms with Gasteiger partial charge in [-0.05, 0) is 43.3 Å². The monoisotopic (exact) mass is 466 g/mol. The molecule has 4 nitrogen and oxygen atoms in total. The number of amides is 1. The predicted octanol–water partition coefficient (Wildman–Crippen LogP) is 5.80. The van der Waals surface area contributed by atoms with Crippen molar-refractivity contribution in [1.82, 2.24) is 5.32 Å². The summed E-state index contributed by atoms with van der Waals surface area (Å²) < 4.78 is 6.27. The van der Waals surface area contributed by atoms with Gasteiger partial charge >= 0.3 is 0 Å². The number of nitrogens with one attached hydrogen (secondary N) is 1. The van der Waals surface area contributed by atoms with E-state index < -0.39 is 0 Å². The van der Waals surface area contributed by atoms with Crippen molar-refractivity contribution in [2.75, 3.05) is 0 Å². The molecule has 0 spiro atoms. The van der Waals surface area contributed by atoms with Crippen LogP contribution in [0.1, 0.15) is 22.0 Å². The third-order valence-corrected chi connectivity index (χ3v) is 7.68. The highest BCUT2D eigenvalue weighted by Crippen LogP contribution is 2.39. The lowest BCUT2D eigenvalue weighted by molar-refractivity contribution is -0.117. The summed E-state index contributed by atoms with van der Waals surface area (Å²) in [6.45, 7) is 2.24. The molecule has 0 saturated carbocycles. The fraction of sp³-hybridized carbons (Fsp3) is 0.167. The lowest BCUT2D eigenvalue weighted by Crippen LogP contribution is -2.28. The minimum atomic E-state index is -0.148. The molecule has 0 radical (unpaired) electrons. The summed E-state index contributed by atoms with van der Waals surface area (Å²) in [5.41, 5.74) is 2.63. The molecule has 5 rings (SSSR count). The van der Waals surface area contributed by atoms with Crippen LogP contribution in [0.4, 0.5) is 0 Å². The lowest BCUT2D eigenvalue weighted by Gasteiger charge is -2.21. The van der Waals surface area contributed by atoms with Gasteiger partial charge in [0.15, 0.2) is 0 Å². The van der Waals surface area contributed by atoms with E-state index in [-0.39, 0.29) is 17.2 Å². The molecule has 0 bridgehead atoms. The van der Waals surface area contributed by atoms with E-state index in [1.807, 2.05) is 55.5 Å². The summed E-state index contributed by atoms with van der Waals surface area (Å²) >= 11 is 9.50. The number of fused-ring (bicyclic) bond motifs is 2. The fourth-order valence-electron chi connectivity index (χ4n) is 3.64. The quantitative estimate of drug-likeness (QED) is 0.529. The van der Waals surface area contributed by atoms with Crippen LogP contribution in [0.2, 0.25) is 4.34 Å². The maximum absolute atomic E-state index is 12.8. The largest absolute Gasteiger partial charge is 0.465 e. The number of benzene rings is 1. The molecule has 7 heteroatoms. The molecule has 1 amide bonds. The van der Waals surface area contributed by atoms with Crippen molar-refractivity contribution in [3.8, 4) is 0 Å². The molecule has 2 aromatic heterocycles. The number of rotatable bonds is 4. The van der Waals surface area contributed by atoms with E-state index in [1.54, 1.807) is 11.8 Å². The second kappa shape index (κ2) is 8.54. The first kappa shape index (κ1) is 20.4. The van der Waals surface area contributed by atoms with Gasteiger partial charge in [-0.2, -0.15) is 0 Å². The van der Waals surface area contributed by atoms with Gasteiger partial charge in [-0.15, -0.1) is 23.1 Å². The van der Waals surface area contributed by atoms with Crippen molar-refractivity contribution in [3.63, 3.8) is 0 Å². The van der Waals surface area contributed by atoms with Gasteiger partial charge in [0.05, 0.1) is 32.8 Å². The molecular weight excluding hydrogens is 448 g/mol. The Morgan fingerprint density at radius 1 is 1.19 bits per heavy atom. The number of carbonyl (C=O) groups is 1.